The molecule has 5 atom stereocenters. The number of rotatable bonds is 2. The summed E-state index contributed by atoms with van der Waals surface area (Å²) in [5, 5.41) is 13.4. The van der Waals surface area contributed by atoms with Crippen LogP contribution in [-0.4, -0.2) is 35.4 Å². The normalized spacial score (nSPS) is 46.1. The van der Waals surface area contributed by atoms with Gasteiger partial charge in [-0.3, -0.25) is 5.32 Å². The molecule has 4 nitrogen and oxygen atoms in total. The lowest BCUT2D eigenvalue weighted by Crippen LogP contribution is -2.65. The molecule has 0 amide bonds. The highest BCUT2D eigenvalue weighted by atomic mass is 16.7. The molecule has 0 saturated carbocycles. The number of nitrogens with one attached hydrogen (secondary N) is 1. The first-order valence-electron chi connectivity index (χ1n) is 7.67. The van der Waals surface area contributed by atoms with Crippen LogP contribution in [0.1, 0.15) is 52.9 Å². The summed E-state index contributed by atoms with van der Waals surface area (Å²) in [4.78, 5) is 0. The van der Waals surface area contributed by atoms with Crippen LogP contribution in [0.2, 0.25) is 0 Å². The Hall–Kier alpha value is -0.160. The van der Waals surface area contributed by atoms with E-state index in [2.05, 4.69) is 26.1 Å². The molecule has 0 unspecified atom stereocenters. The van der Waals surface area contributed by atoms with Gasteiger partial charge in [-0.1, -0.05) is 0 Å². The first kappa shape index (κ1) is 13.8. The molecule has 3 aliphatic rings. The minimum Gasteiger partial charge on any atom is -0.396 e. The summed E-state index contributed by atoms with van der Waals surface area (Å²) in [6.07, 6.45) is 5.46. The van der Waals surface area contributed by atoms with E-state index in [1.807, 2.05) is 0 Å². The van der Waals surface area contributed by atoms with Crippen molar-refractivity contribution in [3.63, 3.8) is 0 Å². The van der Waals surface area contributed by atoms with Crippen molar-refractivity contribution in [2.75, 3.05) is 6.61 Å². The Morgan fingerprint density at radius 1 is 1.26 bits per heavy atom. The lowest BCUT2D eigenvalue weighted by molar-refractivity contribution is -0.249. The number of aliphatic hydroxyl groups excluding tert-OH is 1. The van der Waals surface area contributed by atoms with E-state index in [1.165, 1.54) is 12.8 Å². The van der Waals surface area contributed by atoms with Crippen LogP contribution in [0.5, 0.6) is 0 Å². The SMILES string of the molecule is CC(C)(C)O[C@@H]1C[C@H]2CC[C@@H]3CC[C@@H](CO)[C@]2(N3)O1. The summed E-state index contributed by atoms with van der Waals surface area (Å²) >= 11 is 0. The van der Waals surface area contributed by atoms with E-state index in [0.29, 0.717) is 12.0 Å². The Kier molecular flexibility index (Phi) is 3.41. The average Bonchev–Trinajstić information content (AvgIpc) is 2.63. The molecule has 3 saturated heterocycles. The minimum absolute atomic E-state index is 0.136. The molecule has 3 rings (SSSR count). The molecule has 0 radical (unpaired) electrons. The number of piperidine rings is 2. The summed E-state index contributed by atoms with van der Waals surface area (Å²) in [5.41, 5.74) is -0.511. The fourth-order valence-electron chi connectivity index (χ4n) is 4.12. The molecular weight excluding hydrogens is 242 g/mol. The highest BCUT2D eigenvalue weighted by Crippen LogP contribution is 2.50. The second kappa shape index (κ2) is 4.69. The van der Waals surface area contributed by atoms with Crippen molar-refractivity contribution in [1.29, 1.82) is 0 Å². The van der Waals surface area contributed by atoms with Crippen LogP contribution in [0.4, 0.5) is 0 Å². The van der Waals surface area contributed by atoms with E-state index in [4.69, 9.17) is 9.47 Å². The zero-order chi connectivity index (χ0) is 13.7. The topological polar surface area (TPSA) is 50.7 Å². The van der Waals surface area contributed by atoms with E-state index < -0.39 is 0 Å². The Labute approximate surface area is 115 Å². The summed E-state index contributed by atoms with van der Waals surface area (Å²) in [5.74, 6) is 0.691. The fraction of sp³-hybridized carbons (Fsp3) is 1.00. The third kappa shape index (κ3) is 2.44. The third-order valence-corrected chi connectivity index (χ3v) is 4.88. The Morgan fingerprint density at radius 2 is 2.00 bits per heavy atom. The lowest BCUT2D eigenvalue weighted by Gasteiger charge is -2.51. The van der Waals surface area contributed by atoms with Crippen LogP contribution in [0.25, 0.3) is 0 Å². The number of hydrogen-bond donors (Lipinski definition) is 2. The first-order valence-corrected chi connectivity index (χ1v) is 7.67. The van der Waals surface area contributed by atoms with Crippen LogP contribution < -0.4 is 5.32 Å². The van der Waals surface area contributed by atoms with Gasteiger partial charge in [0.25, 0.3) is 0 Å². The largest absolute Gasteiger partial charge is 0.396 e. The molecule has 4 heteroatoms. The van der Waals surface area contributed by atoms with Gasteiger partial charge < -0.3 is 14.6 Å². The molecule has 0 aromatic heterocycles. The van der Waals surface area contributed by atoms with Gasteiger partial charge in [-0.2, -0.15) is 0 Å². The number of ether oxygens (including phenoxy) is 2. The minimum atomic E-state index is -0.328. The van der Waals surface area contributed by atoms with E-state index in [9.17, 15) is 5.11 Å². The maximum atomic E-state index is 9.70. The van der Waals surface area contributed by atoms with Gasteiger partial charge in [0.2, 0.25) is 0 Å². The van der Waals surface area contributed by atoms with Crippen LogP contribution in [0.15, 0.2) is 0 Å². The van der Waals surface area contributed by atoms with Gasteiger partial charge in [0, 0.05) is 30.9 Å². The molecule has 1 spiro atoms. The zero-order valence-corrected chi connectivity index (χ0v) is 12.3. The molecular formula is C15H27NO3. The summed E-state index contributed by atoms with van der Waals surface area (Å²) in [6, 6.07) is 0.562. The molecule has 0 aliphatic carbocycles. The van der Waals surface area contributed by atoms with Crippen molar-refractivity contribution in [3.8, 4) is 0 Å². The van der Waals surface area contributed by atoms with Crippen LogP contribution >= 0.6 is 0 Å². The van der Waals surface area contributed by atoms with Crippen molar-refractivity contribution in [2.45, 2.75) is 76.5 Å². The highest BCUT2D eigenvalue weighted by Gasteiger charge is 2.58. The smallest absolute Gasteiger partial charge is 0.161 e. The molecule has 2 N–H and O–H groups in total. The Morgan fingerprint density at radius 3 is 2.68 bits per heavy atom. The van der Waals surface area contributed by atoms with Crippen molar-refractivity contribution in [2.24, 2.45) is 11.8 Å². The van der Waals surface area contributed by atoms with Crippen molar-refractivity contribution >= 4 is 0 Å². The third-order valence-electron chi connectivity index (χ3n) is 4.88. The molecule has 110 valence electrons. The van der Waals surface area contributed by atoms with Gasteiger partial charge >= 0.3 is 0 Å². The fourth-order valence-corrected chi connectivity index (χ4v) is 4.12. The summed E-state index contributed by atoms with van der Waals surface area (Å²) < 4.78 is 12.3. The zero-order valence-electron chi connectivity index (χ0n) is 12.3. The Bertz CT molecular complexity index is 341. The number of fused-ring (bicyclic) bond motifs is 1. The van der Waals surface area contributed by atoms with Gasteiger partial charge in [0.15, 0.2) is 6.29 Å². The van der Waals surface area contributed by atoms with E-state index >= 15 is 0 Å². The van der Waals surface area contributed by atoms with Crippen LogP contribution in [-0.2, 0) is 9.47 Å². The average molecular weight is 269 g/mol. The molecule has 3 aliphatic heterocycles. The maximum Gasteiger partial charge on any atom is 0.161 e. The first-order chi connectivity index (χ1) is 8.93. The van der Waals surface area contributed by atoms with E-state index in [-0.39, 0.29) is 30.1 Å². The van der Waals surface area contributed by atoms with Gasteiger partial charge in [0.1, 0.15) is 5.72 Å². The summed E-state index contributed by atoms with van der Waals surface area (Å²) in [6.45, 7) is 6.41. The predicted molar refractivity (Wildman–Crippen MR) is 72.5 cm³/mol. The van der Waals surface area contributed by atoms with E-state index in [0.717, 1.165) is 19.3 Å². The maximum absolute atomic E-state index is 9.70. The van der Waals surface area contributed by atoms with Gasteiger partial charge in [0.05, 0.1) is 5.60 Å². The second-order valence-electron chi connectivity index (χ2n) is 7.38. The second-order valence-corrected chi connectivity index (χ2v) is 7.38. The molecule has 19 heavy (non-hydrogen) atoms. The van der Waals surface area contributed by atoms with Crippen molar-refractivity contribution < 1.29 is 14.6 Å². The molecule has 2 bridgehead atoms. The standard InChI is InChI=1S/C15H27NO3/c1-14(2,3)18-13-8-10-4-6-12-7-5-11(9-17)15(10,16-12)19-13/h10-13,16-17H,4-9H2,1-3H3/t10-,11+,12-,13+,15-/m1/s1. The molecule has 3 fully saturated rings. The van der Waals surface area contributed by atoms with Crippen molar-refractivity contribution in [1.82, 2.24) is 5.32 Å². The lowest BCUT2D eigenvalue weighted by atomic mass is 9.71. The molecule has 0 aromatic rings. The van der Waals surface area contributed by atoms with Crippen molar-refractivity contribution in [3.05, 3.63) is 0 Å². The quantitative estimate of drug-likeness (QED) is 0.805. The number of hydrogen-bond acceptors (Lipinski definition) is 4. The number of aliphatic hydroxyl groups is 1. The van der Waals surface area contributed by atoms with Gasteiger partial charge in [-0.05, 0) is 46.5 Å². The molecule has 0 aromatic carbocycles. The van der Waals surface area contributed by atoms with E-state index in [1.54, 1.807) is 0 Å². The molecule has 3 heterocycles. The van der Waals surface area contributed by atoms with Crippen LogP contribution in [0, 0.1) is 11.8 Å². The van der Waals surface area contributed by atoms with Gasteiger partial charge in [-0.15, -0.1) is 0 Å². The monoisotopic (exact) mass is 269 g/mol. The van der Waals surface area contributed by atoms with Gasteiger partial charge in [-0.25, -0.2) is 0 Å². The van der Waals surface area contributed by atoms with Crippen LogP contribution in [0.3, 0.4) is 0 Å². The highest BCUT2D eigenvalue weighted by molar-refractivity contribution is 5.05. The Balaban J connectivity index is 1.79. The summed E-state index contributed by atoms with van der Waals surface area (Å²) in [7, 11) is 0. The predicted octanol–water partition coefficient (Wildman–Crippen LogP) is 2.01.